The van der Waals surface area contributed by atoms with Gasteiger partial charge in [-0.05, 0) is 40.5 Å². The van der Waals surface area contributed by atoms with Crippen LogP contribution in [0.5, 0.6) is 0 Å². The van der Waals surface area contributed by atoms with E-state index in [-0.39, 0.29) is 18.4 Å². The van der Waals surface area contributed by atoms with E-state index in [2.05, 4.69) is 29.6 Å². The maximum absolute atomic E-state index is 12.3. The highest BCUT2D eigenvalue weighted by atomic mass is 16.5. The summed E-state index contributed by atoms with van der Waals surface area (Å²) in [5.74, 6) is 0.868. The molecule has 0 aromatic heterocycles. The number of aliphatic hydroxyl groups excluding tert-OH is 1. The van der Waals surface area contributed by atoms with Crippen molar-refractivity contribution in [2.24, 2.45) is 11.8 Å². The molecule has 154 valence electrons. The molecule has 0 aliphatic heterocycles. The molecular weight excluding hydrogens is 362 g/mol. The quantitative estimate of drug-likeness (QED) is 0.688. The molecule has 0 bridgehead atoms. The van der Waals surface area contributed by atoms with E-state index in [9.17, 15) is 9.90 Å². The van der Waals surface area contributed by atoms with E-state index in [4.69, 9.17) is 4.74 Å². The van der Waals surface area contributed by atoms with Crippen LogP contribution in [0, 0.1) is 11.8 Å². The van der Waals surface area contributed by atoms with Crippen LogP contribution < -0.4 is 5.32 Å². The lowest BCUT2D eigenvalue weighted by Crippen LogP contribution is -2.33. The van der Waals surface area contributed by atoms with Gasteiger partial charge in [-0.1, -0.05) is 80.6 Å². The molecule has 2 aromatic carbocycles. The molecule has 4 heteroatoms. The van der Waals surface area contributed by atoms with Crippen molar-refractivity contribution in [3.8, 4) is 11.1 Å². The standard InChI is InChI=1S/C25H31NO3/c27-16-19(14-18-8-2-1-3-9-18)15-26-25(28)29-17-24-22-12-6-4-10-20(22)21-11-5-7-13-23(21)24/h4-7,10-13,18-19,24,27H,1-3,8-9,14-17H2,(H,26,28). The molecular formula is C25H31NO3. The van der Waals surface area contributed by atoms with Crippen LogP contribution in [0.4, 0.5) is 4.79 Å². The second-order valence-corrected chi connectivity index (χ2v) is 8.49. The summed E-state index contributed by atoms with van der Waals surface area (Å²) in [4.78, 5) is 12.3. The monoisotopic (exact) mass is 393 g/mol. The van der Waals surface area contributed by atoms with E-state index < -0.39 is 6.09 Å². The van der Waals surface area contributed by atoms with E-state index in [1.54, 1.807) is 0 Å². The predicted molar refractivity (Wildman–Crippen MR) is 115 cm³/mol. The third kappa shape index (κ3) is 4.64. The molecule has 0 spiro atoms. The van der Waals surface area contributed by atoms with Gasteiger partial charge in [0.2, 0.25) is 0 Å². The lowest BCUT2D eigenvalue weighted by Gasteiger charge is -2.25. The van der Waals surface area contributed by atoms with Crippen LogP contribution in [0.15, 0.2) is 48.5 Å². The minimum absolute atomic E-state index is 0.0732. The Bertz CT molecular complexity index is 783. The Morgan fingerprint density at radius 3 is 2.24 bits per heavy atom. The van der Waals surface area contributed by atoms with Crippen molar-refractivity contribution in [3.05, 3.63) is 59.7 Å². The molecule has 2 N–H and O–H groups in total. The minimum atomic E-state index is -0.394. The Morgan fingerprint density at radius 1 is 1.00 bits per heavy atom. The molecule has 2 aromatic rings. The Labute approximate surface area is 173 Å². The van der Waals surface area contributed by atoms with Gasteiger partial charge in [0, 0.05) is 19.1 Å². The van der Waals surface area contributed by atoms with E-state index in [1.807, 2.05) is 24.3 Å². The Balaban J connectivity index is 1.30. The van der Waals surface area contributed by atoms with Crippen molar-refractivity contribution in [2.45, 2.75) is 44.4 Å². The number of carbonyl (C=O) groups is 1. The fourth-order valence-corrected chi connectivity index (χ4v) is 4.99. The van der Waals surface area contributed by atoms with E-state index in [0.717, 1.165) is 6.42 Å². The summed E-state index contributed by atoms with van der Waals surface area (Å²) in [6.07, 6.45) is 7.01. The van der Waals surface area contributed by atoms with Crippen molar-refractivity contribution >= 4 is 6.09 Å². The van der Waals surface area contributed by atoms with Gasteiger partial charge in [0.25, 0.3) is 0 Å². The van der Waals surface area contributed by atoms with Gasteiger partial charge in [0.1, 0.15) is 6.61 Å². The van der Waals surface area contributed by atoms with Gasteiger partial charge in [-0.3, -0.25) is 0 Å². The molecule has 1 saturated carbocycles. The lowest BCUT2D eigenvalue weighted by molar-refractivity contribution is 0.134. The molecule has 1 atom stereocenters. The maximum atomic E-state index is 12.3. The average Bonchev–Trinajstić information content (AvgIpc) is 3.09. The lowest BCUT2D eigenvalue weighted by atomic mass is 9.83. The van der Waals surface area contributed by atoms with Crippen molar-refractivity contribution in [1.29, 1.82) is 0 Å². The predicted octanol–water partition coefficient (Wildman–Crippen LogP) is 5.10. The molecule has 1 amide bonds. The van der Waals surface area contributed by atoms with Crippen LogP contribution in [0.1, 0.15) is 55.6 Å². The number of hydrogen-bond donors (Lipinski definition) is 2. The van der Waals surface area contributed by atoms with Crippen molar-refractivity contribution in [3.63, 3.8) is 0 Å². The maximum Gasteiger partial charge on any atom is 0.407 e. The minimum Gasteiger partial charge on any atom is -0.449 e. The van der Waals surface area contributed by atoms with Crippen molar-refractivity contribution in [2.75, 3.05) is 19.8 Å². The largest absolute Gasteiger partial charge is 0.449 e. The SMILES string of the molecule is O=C(NCC(CO)CC1CCCCC1)OCC1c2ccccc2-c2ccccc21. The average molecular weight is 394 g/mol. The normalized spacial score (nSPS) is 17.4. The van der Waals surface area contributed by atoms with E-state index in [0.29, 0.717) is 19.1 Å². The first-order chi connectivity index (χ1) is 14.3. The number of nitrogens with one attached hydrogen (secondary N) is 1. The van der Waals surface area contributed by atoms with Crippen molar-refractivity contribution < 1.29 is 14.6 Å². The highest BCUT2D eigenvalue weighted by Crippen LogP contribution is 2.44. The Morgan fingerprint density at radius 2 is 1.62 bits per heavy atom. The van der Waals surface area contributed by atoms with E-state index in [1.165, 1.54) is 54.4 Å². The molecule has 1 fully saturated rings. The third-order valence-electron chi connectivity index (χ3n) is 6.53. The number of aliphatic hydroxyl groups is 1. The number of fused-ring (bicyclic) bond motifs is 3. The zero-order valence-electron chi connectivity index (χ0n) is 17.0. The second kappa shape index (κ2) is 9.45. The fraction of sp³-hybridized carbons (Fsp3) is 0.480. The highest BCUT2D eigenvalue weighted by Gasteiger charge is 2.29. The number of ether oxygens (including phenoxy) is 1. The summed E-state index contributed by atoms with van der Waals surface area (Å²) in [7, 11) is 0. The molecule has 4 rings (SSSR count). The highest BCUT2D eigenvalue weighted by molar-refractivity contribution is 5.79. The number of carbonyl (C=O) groups excluding carboxylic acids is 1. The van der Waals surface area contributed by atoms with Gasteiger partial charge in [0.05, 0.1) is 0 Å². The van der Waals surface area contributed by atoms with Crippen LogP contribution in [0.25, 0.3) is 11.1 Å². The van der Waals surface area contributed by atoms with Crippen LogP contribution in [-0.4, -0.2) is 31.0 Å². The molecule has 29 heavy (non-hydrogen) atoms. The van der Waals surface area contributed by atoms with Gasteiger partial charge in [-0.25, -0.2) is 4.79 Å². The van der Waals surface area contributed by atoms with Crippen LogP contribution >= 0.6 is 0 Å². The Hall–Kier alpha value is -2.33. The van der Waals surface area contributed by atoms with Gasteiger partial charge >= 0.3 is 6.09 Å². The summed E-state index contributed by atoms with van der Waals surface area (Å²) in [5.41, 5.74) is 4.88. The summed E-state index contributed by atoms with van der Waals surface area (Å²) in [6, 6.07) is 16.7. The molecule has 2 aliphatic rings. The van der Waals surface area contributed by atoms with Gasteiger partial charge < -0.3 is 15.2 Å². The first-order valence-corrected chi connectivity index (χ1v) is 11.0. The zero-order chi connectivity index (χ0) is 20.1. The zero-order valence-corrected chi connectivity index (χ0v) is 17.0. The number of amides is 1. The number of hydrogen-bond acceptors (Lipinski definition) is 3. The van der Waals surface area contributed by atoms with Crippen molar-refractivity contribution in [1.82, 2.24) is 5.32 Å². The number of benzene rings is 2. The third-order valence-corrected chi connectivity index (χ3v) is 6.53. The van der Waals surface area contributed by atoms with E-state index >= 15 is 0 Å². The molecule has 0 heterocycles. The molecule has 2 aliphatic carbocycles. The number of alkyl carbamates (subject to hydrolysis) is 1. The molecule has 0 radical (unpaired) electrons. The molecule has 1 unspecified atom stereocenters. The van der Waals surface area contributed by atoms with Crippen LogP contribution in [0.2, 0.25) is 0 Å². The fourth-order valence-electron chi connectivity index (χ4n) is 4.99. The van der Waals surface area contributed by atoms with Crippen LogP contribution in [-0.2, 0) is 4.74 Å². The van der Waals surface area contributed by atoms with Crippen LogP contribution in [0.3, 0.4) is 0 Å². The smallest absolute Gasteiger partial charge is 0.407 e. The topological polar surface area (TPSA) is 58.6 Å². The molecule has 0 saturated heterocycles. The summed E-state index contributed by atoms with van der Waals surface area (Å²) in [6.45, 7) is 0.913. The van der Waals surface area contributed by atoms with Gasteiger partial charge in [-0.15, -0.1) is 0 Å². The Kier molecular flexibility index (Phi) is 6.50. The summed E-state index contributed by atoms with van der Waals surface area (Å²) >= 11 is 0. The first kappa shape index (κ1) is 20.0. The summed E-state index contributed by atoms with van der Waals surface area (Å²) in [5, 5.41) is 12.6. The number of rotatable bonds is 7. The second-order valence-electron chi connectivity index (χ2n) is 8.49. The first-order valence-electron chi connectivity index (χ1n) is 11.0. The van der Waals surface area contributed by atoms with Gasteiger partial charge in [-0.2, -0.15) is 0 Å². The summed E-state index contributed by atoms with van der Waals surface area (Å²) < 4.78 is 5.59. The van der Waals surface area contributed by atoms with Gasteiger partial charge in [0.15, 0.2) is 0 Å². The molecule has 4 nitrogen and oxygen atoms in total.